The van der Waals surface area contributed by atoms with Crippen LogP contribution in [0.5, 0.6) is 5.75 Å². The van der Waals surface area contributed by atoms with Gasteiger partial charge in [-0.1, -0.05) is 42.5 Å². The van der Waals surface area contributed by atoms with Crippen molar-refractivity contribution in [3.63, 3.8) is 0 Å². The molecule has 1 atom stereocenters. The maximum Gasteiger partial charge on any atom is 0.258 e. The van der Waals surface area contributed by atoms with E-state index in [2.05, 4.69) is 5.32 Å². The van der Waals surface area contributed by atoms with Gasteiger partial charge in [-0.25, -0.2) is 12.8 Å². The Morgan fingerprint density at radius 3 is 2.25 bits per heavy atom. The van der Waals surface area contributed by atoms with E-state index in [0.29, 0.717) is 5.75 Å². The number of rotatable bonds is 9. The molecule has 6 nitrogen and oxygen atoms in total. The smallest absolute Gasteiger partial charge is 0.258 e. The van der Waals surface area contributed by atoms with Crippen LogP contribution in [0.2, 0.25) is 0 Å². The van der Waals surface area contributed by atoms with E-state index in [1.165, 1.54) is 47.8 Å². The van der Waals surface area contributed by atoms with Crippen molar-refractivity contribution in [3.8, 4) is 5.75 Å². The molecule has 1 unspecified atom stereocenters. The van der Waals surface area contributed by atoms with Gasteiger partial charge in [0.15, 0.2) is 6.61 Å². The first kappa shape index (κ1) is 23.4. The first-order valence-corrected chi connectivity index (χ1v) is 11.5. The molecule has 0 saturated carbocycles. The Hall–Kier alpha value is -3.23. The molecule has 8 heteroatoms. The molecule has 168 valence electrons. The largest absolute Gasteiger partial charge is 0.484 e. The average molecular weight is 457 g/mol. The number of benzene rings is 3. The molecule has 0 heterocycles. The monoisotopic (exact) mass is 456 g/mol. The molecule has 3 aromatic rings. The topological polar surface area (TPSA) is 75.7 Å². The standard InChI is InChI=1S/C24H25FN2O4S/c1-18(20-8-10-21(25)11-9-20)26-24(28)17-31-22-12-14-23(15-13-22)32(29,30)27(2)16-19-6-4-3-5-7-19/h3-15,18H,16-17H2,1-2H3,(H,26,28). The SMILES string of the molecule is CC(NC(=O)COc1ccc(S(=O)(=O)N(C)Cc2ccccc2)cc1)c1ccc(F)cc1. The number of halogens is 1. The van der Waals surface area contributed by atoms with Gasteiger partial charge in [0.25, 0.3) is 5.91 Å². The predicted octanol–water partition coefficient (Wildman–Crippen LogP) is 3.90. The molecule has 0 radical (unpaired) electrons. The summed E-state index contributed by atoms with van der Waals surface area (Å²) in [5.74, 6) is -0.312. The van der Waals surface area contributed by atoms with E-state index in [1.54, 1.807) is 19.1 Å². The van der Waals surface area contributed by atoms with E-state index in [9.17, 15) is 17.6 Å². The Labute approximate surface area is 187 Å². The van der Waals surface area contributed by atoms with E-state index >= 15 is 0 Å². The molecule has 0 aliphatic rings. The zero-order chi connectivity index (χ0) is 23.1. The summed E-state index contributed by atoms with van der Waals surface area (Å²) in [6.45, 7) is 1.82. The third-order valence-corrected chi connectivity index (χ3v) is 6.72. The number of hydrogen-bond acceptors (Lipinski definition) is 4. The highest BCUT2D eigenvalue weighted by Gasteiger charge is 2.21. The van der Waals surface area contributed by atoms with Crippen LogP contribution in [0.25, 0.3) is 0 Å². The van der Waals surface area contributed by atoms with Gasteiger partial charge in [0.05, 0.1) is 10.9 Å². The van der Waals surface area contributed by atoms with Crippen LogP contribution in [0.15, 0.2) is 83.8 Å². The van der Waals surface area contributed by atoms with Gasteiger partial charge in [0.1, 0.15) is 11.6 Å². The Morgan fingerprint density at radius 2 is 1.62 bits per heavy atom. The minimum atomic E-state index is -3.66. The summed E-state index contributed by atoms with van der Waals surface area (Å²) in [4.78, 5) is 12.3. The molecule has 1 N–H and O–H groups in total. The lowest BCUT2D eigenvalue weighted by Gasteiger charge is -2.18. The molecule has 1 amide bonds. The number of carbonyl (C=O) groups is 1. The molecule has 0 aliphatic carbocycles. The lowest BCUT2D eigenvalue weighted by molar-refractivity contribution is -0.123. The second kappa shape index (κ2) is 10.4. The number of amides is 1. The van der Waals surface area contributed by atoms with Crippen LogP contribution >= 0.6 is 0 Å². The van der Waals surface area contributed by atoms with Gasteiger partial charge in [-0.2, -0.15) is 4.31 Å². The highest BCUT2D eigenvalue weighted by molar-refractivity contribution is 7.89. The van der Waals surface area contributed by atoms with Crippen LogP contribution in [-0.4, -0.2) is 32.3 Å². The summed E-state index contributed by atoms with van der Waals surface area (Å²) < 4.78 is 45.3. The summed E-state index contributed by atoms with van der Waals surface area (Å²) in [7, 11) is -2.14. The molecule has 0 bridgehead atoms. The Kier molecular flexibility index (Phi) is 7.61. The number of ether oxygens (including phenoxy) is 1. The van der Waals surface area contributed by atoms with E-state index < -0.39 is 10.0 Å². The Bertz CT molecular complexity index is 1130. The summed E-state index contributed by atoms with van der Waals surface area (Å²) in [5, 5.41) is 2.77. The van der Waals surface area contributed by atoms with Crippen LogP contribution in [0.3, 0.4) is 0 Å². The highest BCUT2D eigenvalue weighted by atomic mass is 32.2. The molecular formula is C24H25FN2O4S. The van der Waals surface area contributed by atoms with E-state index in [1.807, 2.05) is 30.3 Å². The lowest BCUT2D eigenvalue weighted by Crippen LogP contribution is -2.31. The van der Waals surface area contributed by atoms with Gasteiger partial charge in [0, 0.05) is 13.6 Å². The van der Waals surface area contributed by atoms with E-state index in [-0.39, 0.29) is 35.8 Å². The van der Waals surface area contributed by atoms with Crippen LogP contribution in [0.4, 0.5) is 4.39 Å². The molecule has 32 heavy (non-hydrogen) atoms. The minimum Gasteiger partial charge on any atom is -0.484 e. The quantitative estimate of drug-likeness (QED) is 0.530. The third-order valence-electron chi connectivity index (χ3n) is 4.90. The predicted molar refractivity (Wildman–Crippen MR) is 120 cm³/mol. The first-order valence-electron chi connectivity index (χ1n) is 10.0. The fourth-order valence-electron chi connectivity index (χ4n) is 3.08. The Morgan fingerprint density at radius 1 is 1.00 bits per heavy atom. The first-order chi connectivity index (χ1) is 15.3. The summed E-state index contributed by atoms with van der Waals surface area (Å²) >= 11 is 0. The number of nitrogens with one attached hydrogen (secondary N) is 1. The fraction of sp³-hybridized carbons (Fsp3) is 0.208. The molecule has 3 rings (SSSR count). The second-order valence-electron chi connectivity index (χ2n) is 7.35. The minimum absolute atomic E-state index is 0.137. The van der Waals surface area contributed by atoms with Gasteiger partial charge in [-0.05, 0) is 54.4 Å². The highest BCUT2D eigenvalue weighted by Crippen LogP contribution is 2.20. The van der Waals surface area contributed by atoms with Crippen molar-refractivity contribution in [2.45, 2.75) is 24.4 Å². The third kappa shape index (κ3) is 6.15. The van der Waals surface area contributed by atoms with E-state index in [0.717, 1.165) is 11.1 Å². The molecule has 0 aromatic heterocycles. The average Bonchev–Trinajstić information content (AvgIpc) is 2.79. The maximum absolute atomic E-state index is 13.0. The second-order valence-corrected chi connectivity index (χ2v) is 9.39. The van der Waals surface area contributed by atoms with E-state index in [4.69, 9.17) is 4.74 Å². The van der Waals surface area contributed by atoms with Crippen molar-refractivity contribution in [3.05, 3.63) is 95.8 Å². The normalized spacial score (nSPS) is 12.4. The van der Waals surface area contributed by atoms with Crippen molar-refractivity contribution in [1.82, 2.24) is 9.62 Å². The number of hydrogen-bond donors (Lipinski definition) is 1. The van der Waals surface area contributed by atoms with Gasteiger partial charge in [-0.3, -0.25) is 4.79 Å². The summed E-state index contributed by atoms with van der Waals surface area (Å²) in [6.07, 6.45) is 0. The van der Waals surface area contributed by atoms with Crippen molar-refractivity contribution in [2.24, 2.45) is 0 Å². The zero-order valence-electron chi connectivity index (χ0n) is 17.9. The Balaban J connectivity index is 1.54. The lowest BCUT2D eigenvalue weighted by atomic mass is 10.1. The molecule has 3 aromatic carbocycles. The molecule has 0 fully saturated rings. The molecule has 0 spiro atoms. The van der Waals surface area contributed by atoms with Gasteiger partial charge in [0.2, 0.25) is 10.0 Å². The number of nitrogens with zero attached hydrogens (tertiary/aromatic N) is 1. The zero-order valence-corrected chi connectivity index (χ0v) is 18.7. The van der Waals surface area contributed by atoms with Crippen LogP contribution in [-0.2, 0) is 21.4 Å². The van der Waals surface area contributed by atoms with Crippen LogP contribution in [0.1, 0.15) is 24.1 Å². The summed E-state index contributed by atoms with van der Waals surface area (Å²) in [6, 6.07) is 20.8. The van der Waals surface area contributed by atoms with Crippen molar-refractivity contribution in [2.75, 3.05) is 13.7 Å². The molecule has 0 aliphatic heterocycles. The van der Waals surface area contributed by atoms with Gasteiger partial charge >= 0.3 is 0 Å². The summed E-state index contributed by atoms with van der Waals surface area (Å²) in [5.41, 5.74) is 1.66. The van der Waals surface area contributed by atoms with Gasteiger partial charge in [-0.15, -0.1) is 0 Å². The molecule has 0 saturated heterocycles. The van der Waals surface area contributed by atoms with Crippen molar-refractivity contribution in [1.29, 1.82) is 0 Å². The van der Waals surface area contributed by atoms with Crippen LogP contribution < -0.4 is 10.1 Å². The van der Waals surface area contributed by atoms with Crippen molar-refractivity contribution < 1.29 is 22.3 Å². The molecular weight excluding hydrogens is 431 g/mol. The fourth-order valence-corrected chi connectivity index (χ4v) is 4.24. The van der Waals surface area contributed by atoms with Crippen molar-refractivity contribution >= 4 is 15.9 Å². The van der Waals surface area contributed by atoms with Crippen LogP contribution in [0, 0.1) is 5.82 Å². The number of sulfonamides is 1. The van der Waals surface area contributed by atoms with Gasteiger partial charge < -0.3 is 10.1 Å². The number of carbonyl (C=O) groups excluding carboxylic acids is 1. The maximum atomic E-state index is 13.0.